The Morgan fingerprint density at radius 1 is 1.05 bits per heavy atom. The number of hydrogen-bond donors (Lipinski definition) is 1. The highest BCUT2D eigenvalue weighted by molar-refractivity contribution is 6.00. The monoisotopic (exact) mass is 797 g/mol. The molecular weight excluding hydrogens is 729 g/mol. The minimum Gasteiger partial charge on any atom is -0.458 e. The summed E-state index contributed by atoms with van der Waals surface area (Å²) in [6.07, 6.45) is 5.67. The molecule has 12 atom stereocenters. The van der Waals surface area contributed by atoms with Gasteiger partial charge in [0, 0.05) is 44.7 Å². The summed E-state index contributed by atoms with van der Waals surface area (Å²) in [6, 6.07) is 5.87. The number of rotatable bonds is 10. The summed E-state index contributed by atoms with van der Waals surface area (Å²) in [5.41, 5.74) is 0.142. The maximum Gasteiger partial charge on any atom is 0.407 e. The van der Waals surface area contributed by atoms with E-state index in [4.69, 9.17) is 23.7 Å². The van der Waals surface area contributed by atoms with Gasteiger partial charge in [-0.3, -0.25) is 14.6 Å². The molecule has 2 fully saturated rings. The van der Waals surface area contributed by atoms with E-state index in [1.807, 2.05) is 73.1 Å². The number of methoxy groups -OCH3 is 1. The molecule has 1 unspecified atom stereocenters. The van der Waals surface area contributed by atoms with Crippen molar-refractivity contribution < 1.29 is 38.1 Å². The first-order chi connectivity index (χ1) is 26.9. The lowest BCUT2D eigenvalue weighted by atomic mass is 9.67. The van der Waals surface area contributed by atoms with Crippen molar-refractivity contribution in [3.8, 4) is 11.4 Å². The fourth-order valence-electron chi connectivity index (χ4n) is 9.26. The fraction of sp³-hybridized carbons (Fsp3) is 0.721. The third-order valence-electron chi connectivity index (χ3n) is 12.6. The Hall–Kier alpha value is -3.72. The molecule has 0 saturated carbocycles. The summed E-state index contributed by atoms with van der Waals surface area (Å²) < 4.78 is 34.0. The number of alkyl carbamates (subject to hydrolysis) is 1. The van der Waals surface area contributed by atoms with E-state index in [9.17, 15) is 14.4 Å². The second-order valence-corrected chi connectivity index (χ2v) is 16.8. The van der Waals surface area contributed by atoms with Crippen LogP contribution in [0, 0.1) is 29.6 Å². The molecule has 57 heavy (non-hydrogen) atoms. The lowest BCUT2D eigenvalue weighted by Crippen LogP contribution is -2.56. The average Bonchev–Trinajstić information content (AvgIpc) is 3.67. The number of pyridine rings is 1. The maximum atomic E-state index is 14.5. The van der Waals surface area contributed by atoms with Crippen LogP contribution in [0.3, 0.4) is 0 Å². The van der Waals surface area contributed by atoms with Gasteiger partial charge in [0.2, 0.25) is 0 Å². The van der Waals surface area contributed by atoms with Crippen LogP contribution in [0.15, 0.2) is 42.2 Å². The first-order valence-corrected chi connectivity index (χ1v) is 20.6. The standard InChI is InChI=1S/C43H68N6O8/c1-14-33-28(5)32(19-21-49-25-35(46-47-49)34-18-16-17-20-45-34)26(3)24-42(8,53-13)39(56-37-23-31(48(11)12)22-27(4)54-37)29(6)38(50)30(7)40(51)55-36(15-2)43(33,9)57-41(52)44-10/h16-20,25-31,33,36-37,39H,14-15,21-24H2,1-13H3,(H,44,52)/b32-19+/t26-,27-,28+,29+,30-,31+,33-,36-,37+,39-,42-,43?/m1/s1. The summed E-state index contributed by atoms with van der Waals surface area (Å²) in [4.78, 5) is 48.2. The van der Waals surface area contributed by atoms with Gasteiger partial charge in [0.05, 0.1) is 36.2 Å². The highest BCUT2D eigenvalue weighted by Crippen LogP contribution is 2.45. The molecule has 14 heteroatoms. The van der Waals surface area contributed by atoms with Gasteiger partial charge in [-0.15, -0.1) is 5.10 Å². The van der Waals surface area contributed by atoms with Crippen molar-refractivity contribution >= 4 is 17.8 Å². The Balaban J connectivity index is 1.87. The van der Waals surface area contributed by atoms with Crippen LogP contribution in [-0.2, 0) is 39.8 Å². The molecule has 0 bridgehead atoms. The van der Waals surface area contributed by atoms with Gasteiger partial charge < -0.3 is 33.9 Å². The Bertz CT molecular complexity index is 1670. The van der Waals surface area contributed by atoms with E-state index in [1.165, 1.54) is 7.05 Å². The summed E-state index contributed by atoms with van der Waals surface area (Å²) >= 11 is 0. The van der Waals surface area contributed by atoms with E-state index in [1.54, 1.807) is 31.8 Å². The maximum absolute atomic E-state index is 14.5. The highest BCUT2D eigenvalue weighted by Gasteiger charge is 2.52. The average molecular weight is 797 g/mol. The predicted octanol–water partition coefficient (Wildman–Crippen LogP) is 6.49. The largest absolute Gasteiger partial charge is 0.458 e. The van der Waals surface area contributed by atoms with Gasteiger partial charge >= 0.3 is 12.1 Å². The third kappa shape index (κ3) is 10.7. The molecule has 2 saturated heterocycles. The number of nitrogens with zero attached hydrogens (tertiary/aromatic N) is 5. The van der Waals surface area contributed by atoms with Crippen molar-refractivity contribution in [1.29, 1.82) is 0 Å². The molecule has 2 aliphatic heterocycles. The zero-order chi connectivity index (χ0) is 42.2. The molecule has 4 heterocycles. The van der Waals surface area contributed by atoms with Crippen molar-refractivity contribution in [3.05, 3.63) is 42.2 Å². The van der Waals surface area contributed by atoms with Gasteiger partial charge in [0.25, 0.3) is 0 Å². The first kappa shape index (κ1) is 46.0. The number of Topliss-reactive ketones (excluding diaryl/α,β-unsaturated/α-hetero) is 1. The lowest BCUT2D eigenvalue weighted by Gasteiger charge is -2.47. The topological polar surface area (TPSA) is 156 Å². The van der Waals surface area contributed by atoms with Crippen LogP contribution < -0.4 is 5.32 Å². The van der Waals surface area contributed by atoms with Crippen LogP contribution in [0.2, 0.25) is 0 Å². The molecule has 1 amide bonds. The molecule has 0 aliphatic carbocycles. The zero-order valence-corrected chi connectivity index (χ0v) is 36.5. The third-order valence-corrected chi connectivity index (χ3v) is 12.6. The van der Waals surface area contributed by atoms with Gasteiger partial charge in [-0.1, -0.05) is 57.5 Å². The van der Waals surface area contributed by atoms with Crippen molar-refractivity contribution in [1.82, 2.24) is 30.2 Å². The fourth-order valence-corrected chi connectivity index (χ4v) is 9.26. The Morgan fingerprint density at radius 2 is 1.77 bits per heavy atom. The van der Waals surface area contributed by atoms with Crippen LogP contribution in [-0.4, -0.2) is 113 Å². The van der Waals surface area contributed by atoms with Crippen LogP contribution in [0.5, 0.6) is 0 Å². The molecule has 2 aromatic heterocycles. The van der Waals surface area contributed by atoms with E-state index in [2.05, 4.69) is 45.4 Å². The molecule has 0 spiro atoms. The minimum atomic E-state index is -1.27. The molecule has 14 nitrogen and oxygen atoms in total. The van der Waals surface area contributed by atoms with Gasteiger partial charge in [-0.25, -0.2) is 9.48 Å². The van der Waals surface area contributed by atoms with Crippen molar-refractivity contribution in [2.24, 2.45) is 29.6 Å². The van der Waals surface area contributed by atoms with E-state index in [-0.39, 0.29) is 35.7 Å². The SMILES string of the molecule is CC[C@@H]1[C@@H](C)/C(=C/Cn2cc(-c3ccccn3)nn2)[C@H](C)C[C@@](C)(OC)[C@H](O[C@H]2C[C@@H](N(C)C)C[C@@H](C)O2)[C@@H](C)C(=O)[C@@H](C)C(=O)O[C@H](CC)C1(C)OC(=O)NC. The Labute approximate surface area is 339 Å². The van der Waals surface area contributed by atoms with E-state index in [0.717, 1.165) is 17.7 Å². The number of aromatic nitrogens is 4. The second-order valence-electron chi connectivity index (χ2n) is 16.8. The number of hydrogen-bond acceptors (Lipinski definition) is 12. The van der Waals surface area contributed by atoms with E-state index >= 15 is 0 Å². The van der Waals surface area contributed by atoms with Crippen LogP contribution in [0.4, 0.5) is 4.79 Å². The number of esters is 1. The molecule has 2 aromatic rings. The smallest absolute Gasteiger partial charge is 0.407 e. The van der Waals surface area contributed by atoms with Gasteiger partial charge in [0.1, 0.15) is 17.7 Å². The minimum absolute atomic E-state index is 0.0593. The molecule has 4 rings (SSSR count). The first-order valence-electron chi connectivity index (χ1n) is 20.6. The normalized spacial score (nSPS) is 35.4. The number of allylic oxidation sites excluding steroid dienone is 2. The summed E-state index contributed by atoms with van der Waals surface area (Å²) in [5, 5.41) is 11.4. The van der Waals surface area contributed by atoms with Crippen molar-refractivity contribution in [3.63, 3.8) is 0 Å². The summed E-state index contributed by atoms with van der Waals surface area (Å²) in [5.74, 6) is -3.59. The molecule has 0 radical (unpaired) electrons. The highest BCUT2D eigenvalue weighted by atomic mass is 16.7. The molecule has 318 valence electrons. The van der Waals surface area contributed by atoms with Crippen LogP contribution in [0.25, 0.3) is 11.4 Å². The number of ketones is 1. The predicted molar refractivity (Wildman–Crippen MR) is 217 cm³/mol. The number of ether oxygens (including phenoxy) is 5. The quantitative estimate of drug-likeness (QED) is 0.159. The number of carbonyl (C=O) groups excluding carboxylic acids is 3. The summed E-state index contributed by atoms with van der Waals surface area (Å²) in [7, 11) is 7.24. The van der Waals surface area contributed by atoms with E-state index in [0.29, 0.717) is 37.9 Å². The second kappa shape index (κ2) is 19.8. The molecule has 1 N–H and O–H groups in total. The van der Waals surface area contributed by atoms with Gasteiger partial charge in [-0.2, -0.15) is 0 Å². The Kier molecular flexibility index (Phi) is 16.0. The van der Waals surface area contributed by atoms with Gasteiger partial charge in [-0.05, 0) is 91.4 Å². The number of cyclic esters (lactones) is 1. The van der Waals surface area contributed by atoms with Crippen LogP contribution in [0.1, 0.15) is 94.4 Å². The number of carbonyl (C=O) groups is 3. The number of amides is 1. The lowest BCUT2D eigenvalue weighted by molar-refractivity contribution is -0.262. The molecular formula is C43H68N6O8. The summed E-state index contributed by atoms with van der Waals surface area (Å²) in [6.45, 7) is 17.8. The van der Waals surface area contributed by atoms with Gasteiger partial charge in [0.15, 0.2) is 17.7 Å². The number of nitrogens with one attached hydrogen (secondary N) is 1. The molecule has 0 aromatic carbocycles. The molecule has 2 aliphatic rings. The van der Waals surface area contributed by atoms with Crippen molar-refractivity contribution in [2.45, 2.75) is 143 Å². The Morgan fingerprint density at radius 3 is 2.37 bits per heavy atom. The van der Waals surface area contributed by atoms with Crippen LogP contribution >= 0.6 is 0 Å². The zero-order valence-electron chi connectivity index (χ0n) is 36.5. The van der Waals surface area contributed by atoms with Crippen molar-refractivity contribution in [2.75, 3.05) is 28.3 Å². The van der Waals surface area contributed by atoms with E-state index < -0.39 is 53.6 Å².